The number of aromatic nitrogens is 3. The highest BCUT2D eigenvalue weighted by Gasteiger charge is 2.66. The molecule has 0 bridgehead atoms. The van der Waals surface area contributed by atoms with Crippen LogP contribution in [0.15, 0.2) is 128 Å². The van der Waals surface area contributed by atoms with Gasteiger partial charge in [-0.25, -0.2) is 0 Å². The van der Waals surface area contributed by atoms with E-state index in [1.807, 2.05) is 95.8 Å². The second-order valence-electron chi connectivity index (χ2n) is 16.3. The highest BCUT2D eigenvalue weighted by Crippen LogP contribution is 2.60. The zero-order valence-electron chi connectivity index (χ0n) is 34.1. The number of carbonyl (C=O) groups is 2. The highest BCUT2D eigenvalue weighted by atomic mass is 35.5. The molecule has 8 rings (SSSR count). The Hall–Kier alpha value is -5.79. The minimum Gasteiger partial charge on any atom is -0.497 e. The summed E-state index contributed by atoms with van der Waals surface area (Å²) in [6, 6.07) is 38.0. The van der Waals surface area contributed by atoms with Gasteiger partial charge in [-0.05, 0) is 89.8 Å². The predicted molar refractivity (Wildman–Crippen MR) is 237 cm³/mol. The summed E-state index contributed by atoms with van der Waals surface area (Å²) in [4.78, 5) is 30.3. The molecule has 5 aromatic carbocycles. The van der Waals surface area contributed by atoms with Crippen LogP contribution in [0.3, 0.4) is 0 Å². The number of nitrogens with two attached hydrogens (primary N) is 1. The summed E-state index contributed by atoms with van der Waals surface area (Å²) in [6.07, 6.45) is 2.13. The fourth-order valence-electron chi connectivity index (χ4n) is 9.38. The van der Waals surface area contributed by atoms with E-state index in [0.717, 1.165) is 28.1 Å². The van der Waals surface area contributed by atoms with Gasteiger partial charge in [0.25, 0.3) is 11.8 Å². The van der Waals surface area contributed by atoms with Crippen molar-refractivity contribution >= 4 is 53.7 Å². The molecule has 60 heavy (non-hydrogen) atoms. The number of amides is 2. The van der Waals surface area contributed by atoms with Gasteiger partial charge < -0.3 is 30.5 Å². The van der Waals surface area contributed by atoms with Crippen molar-refractivity contribution in [1.82, 2.24) is 15.0 Å². The Morgan fingerprint density at radius 1 is 1.00 bits per heavy atom. The second kappa shape index (κ2) is 16.7. The number of nitrogens with one attached hydrogen (secondary N) is 1. The Bertz CT molecular complexity index is 2500. The molecular formula is C47H49ClN6O5Si. The van der Waals surface area contributed by atoms with E-state index < -0.39 is 13.7 Å². The van der Waals surface area contributed by atoms with Crippen molar-refractivity contribution in [2.75, 3.05) is 29.7 Å². The van der Waals surface area contributed by atoms with Crippen LogP contribution in [-0.4, -0.2) is 59.8 Å². The molecule has 1 spiro atoms. The molecular weight excluding hydrogens is 792 g/mol. The van der Waals surface area contributed by atoms with Crippen molar-refractivity contribution in [1.29, 1.82) is 0 Å². The van der Waals surface area contributed by atoms with Crippen LogP contribution in [0.25, 0.3) is 0 Å². The van der Waals surface area contributed by atoms with Crippen LogP contribution in [0, 0.1) is 5.92 Å². The van der Waals surface area contributed by atoms with Crippen molar-refractivity contribution < 1.29 is 24.2 Å². The number of aryl methyl sites for hydroxylation is 1. The third-order valence-corrected chi connectivity index (χ3v) is 17.0. The first-order chi connectivity index (χ1) is 28.9. The Kier molecular flexibility index (Phi) is 11.4. The van der Waals surface area contributed by atoms with E-state index in [0.29, 0.717) is 40.6 Å². The summed E-state index contributed by atoms with van der Waals surface area (Å²) in [6.45, 7) is 7.51. The first-order valence-electron chi connectivity index (χ1n) is 20.2. The molecule has 6 aromatic rings. The summed E-state index contributed by atoms with van der Waals surface area (Å²) in [7, 11) is -0.764. The number of carbonyl (C=O) groups excluding carboxylic acids is 2. The third kappa shape index (κ3) is 7.60. The molecule has 1 saturated heterocycles. The average Bonchev–Trinajstić information content (AvgIpc) is 3.91. The molecule has 3 heterocycles. The standard InChI is InChI=1S/C47H49ClN6O5Si/c1-30-44(60(3,4)38-20-18-37(58-2)19-21-38)43(23-24-53-28-41(51-52-53)39(29-55)32-10-6-5-7-11-32)59-47(30)40-26-34(48)15-22-42(40)54(46(47)57)27-31-9-8-12-36(25-31)50-45(56)33-13-16-35(49)17-14-33/h5-22,25-26,28,30,39,43-44,55H,23-24,27,29,49H2,1-4H3,(H,50,56)/t30-,39?,43+,44-,47+/m0/s1. The highest BCUT2D eigenvalue weighted by molar-refractivity contribution is 6.91. The van der Waals surface area contributed by atoms with Crippen LogP contribution in [0.5, 0.6) is 5.75 Å². The van der Waals surface area contributed by atoms with Gasteiger partial charge in [0.15, 0.2) is 5.60 Å². The lowest BCUT2D eigenvalue weighted by Crippen LogP contribution is -2.51. The maximum absolute atomic E-state index is 15.4. The number of hydrogen-bond donors (Lipinski definition) is 3. The maximum atomic E-state index is 15.4. The van der Waals surface area contributed by atoms with Crippen LogP contribution in [0.2, 0.25) is 23.7 Å². The quantitative estimate of drug-likeness (QED) is 0.0792. The number of ether oxygens (including phenoxy) is 2. The SMILES string of the molecule is COc1ccc([Si](C)(C)[C@@H]2[C@@H](CCn3cc(C(CO)c4ccccc4)nn3)O[C@]3(C(=O)N(Cc4cccc(NC(=O)c5ccc(N)cc5)c4)c4ccc(Cl)cc43)[C@H]2C)cc1. The van der Waals surface area contributed by atoms with Gasteiger partial charge in [-0.1, -0.05) is 96.6 Å². The molecule has 1 unspecified atom stereocenters. The molecule has 0 saturated carbocycles. The average molecular weight is 841 g/mol. The molecule has 4 N–H and O–H groups in total. The minimum absolute atomic E-state index is 0.00833. The summed E-state index contributed by atoms with van der Waals surface area (Å²) in [5.41, 5.74) is 10.2. The van der Waals surface area contributed by atoms with E-state index in [2.05, 4.69) is 47.8 Å². The number of methoxy groups -OCH3 is 1. The number of hydrogen-bond acceptors (Lipinski definition) is 8. The van der Waals surface area contributed by atoms with Gasteiger partial charge in [0.05, 0.1) is 51.7 Å². The molecule has 11 nitrogen and oxygen atoms in total. The van der Waals surface area contributed by atoms with E-state index >= 15 is 4.79 Å². The zero-order chi connectivity index (χ0) is 42.2. The summed E-state index contributed by atoms with van der Waals surface area (Å²) < 4.78 is 14.7. The number of halogens is 1. The van der Waals surface area contributed by atoms with Crippen LogP contribution >= 0.6 is 11.6 Å². The predicted octanol–water partition coefficient (Wildman–Crippen LogP) is 7.75. The van der Waals surface area contributed by atoms with Crippen molar-refractivity contribution in [2.24, 2.45) is 5.92 Å². The Morgan fingerprint density at radius 2 is 1.75 bits per heavy atom. The Labute approximate surface area is 356 Å². The van der Waals surface area contributed by atoms with Gasteiger partial charge in [-0.2, -0.15) is 0 Å². The molecule has 1 fully saturated rings. The van der Waals surface area contributed by atoms with Crippen molar-refractivity contribution in [3.8, 4) is 5.75 Å². The zero-order valence-corrected chi connectivity index (χ0v) is 35.8. The Morgan fingerprint density at radius 3 is 2.47 bits per heavy atom. The molecule has 1 aromatic heterocycles. The molecule has 13 heteroatoms. The third-order valence-electron chi connectivity index (χ3n) is 12.4. The molecule has 2 aliphatic rings. The molecule has 308 valence electrons. The van der Waals surface area contributed by atoms with Gasteiger partial charge in [0.1, 0.15) is 5.75 Å². The fraction of sp³-hybridized carbons (Fsp3) is 0.277. The number of aliphatic hydroxyl groups is 1. The second-order valence-corrected chi connectivity index (χ2v) is 21.5. The first kappa shape index (κ1) is 41.0. The van der Waals surface area contributed by atoms with Crippen LogP contribution in [-0.2, 0) is 28.2 Å². The topological polar surface area (TPSA) is 145 Å². The van der Waals surface area contributed by atoms with Gasteiger partial charge in [-0.3, -0.25) is 14.3 Å². The molecule has 2 aliphatic heterocycles. The lowest BCUT2D eigenvalue weighted by molar-refractivity contribution is -0.146. The number of nitrogen functional groups attached to an aromatic ring is 1. The number of nitrogens with zero attached hydrogens (tertiary/aromatic N) is 4. The number of benzene rings is 5. The largest absolute Gasteiger partial charge is 0.497 e. The van der Waals surface area contributed by atoms with Gasteiger partial charge in [0, 0.05) is 46.2 Å². The molecule has 5 atom stereocenters. The summed E-state index contributed by atoms with van der Waals surface area (Å²) >= 11 is 6.76. The lowest BCUT2D eigenvalue weighted by atomic mass is 9.82. The monoisotopic (exact) mass is 840 g/mol. The lowest BCUT2D eigenvalue weighted by Gasteiger charge is -2.37. The van der Waals surface area contributed by atoms with Crippen molar-refractivity contribution in [3.63, 3.8) is 0 Å². The van der Waals surface area contributed by atoms with Gasteiger partial charge in [0.2, 0.25) is 0 Å². The van der Waals surface area contributed by atoms with E-state index in [4.69, 9.17) is 26.8 Å². The molecule has 0 radical (unpaired) electrons. The van der Waals surface area contributed by atoms with E-state index in [1.165, 1.54) is 5.19 Å². The summed E-state index contributed by atoms with van der Waals surface area (Å²) in [5.74, 6) is -0.167. The maximum Gasteiger partial charge on any atom is 0.264 e. The smallest absolute Gasteiger partial charge is 0.264 e. The first-order valence-corrected chi connectivity index (χ1v) is 23.6. The van der Waals surface area contributed by atoms with Crippen LogP contribution in [0.1, 0.15) is 52.0 Å². The van der Waals surface area contributed by atoms with Crippen molar-refractivity contribution in [2.45, 2.75) is 62.7 Å². The molecule has 0 aliphatic carbocycles. The normalized spacial score (nSPS) is 20.3. The van der Waals surface area contributed by atoms with E-state index in [1.54, 1.807) is 36.3 Å². The van der Waals surface area contributed by atoms with Gasteiger partial charge >= 0.3 is 0 Å². The number of aliphatic hydroxyl groups excluding tert-OH is 1. The van der Waals surface area contributed by atoms with E-state index in [9.17, 15) is 9.90 Å². The van der Waals surface area contributed by atoms with Crippen LogP contribution in [0.4, 0.5) is 17.1 Å². The number of anilines is 3. The minimum atomic E-state index is -2.43. The molecule has 2 amide bonds. The van der Waals surface area contributed by atoms with Crippen LogP contribution < -0.4 is 25.9 Å². The number of rotatable bonds is 13. The number of fused-ring (bicyclic) bond motifs is 2. The van der Waals surface area contributed by atoms with Gasteiger partial charge in [-0.15, -0.1) is 5.10 Å². The fourth-order valence-corrected chi connectivity index (χ4v) is 13.6. The Balaban J connectivity index is 1.12. The summed E-state index contributed by atoms with van der Waals surface area (Å²) in [5, 5.41) is 24.0. The van der Waals surface area contributed by atoms with E-state index in [-0.39, 0.29) is 48.4 Å². The van der Waals surface area contributed by atoms with Crippen molar-refractivity contribution in [3.05, 3.63) is 160 Å².